The molecule has 1 fully saturated rings. The fourth-order valence-electron chi connectivity index (χ4n) is 5.85. The highest BCUT2D eigenvalue weighted by atomic mass is 79.9. The maximum Gasteiger partial charge on any atom is 0.301 e. The molecule has 0 spiro atoms. The Labute approximate surface area is 318 Å². The molecular weight excluding hydrogens is 760 g/mol. The van der Waals surface area contributed by atoms with E-state index in [-0.39, 0.29) is 54.4 Å². The van der Waals surface area contributed by atoms with E-state index in [1.807, 2.05) is 62.4 Å². The first-order chi connectivity index (χ1) is 25.3. The maximum atomic E-state index is 14.0. The first-order valence-corrected chi connectivity index (χ1v) is 19.6. The molecule has 4 atom stereocenters. The van der Waals surface area contributed by atoms with Crippen molar-refractivity contribution in [2.75, 3.05) is 29.7 Å². The molecule has 13 nitrogen and oxygen atoms in total. The van der Waals surface area contributed by atoms with Crippen molar-refractivity contribution >= 4 is 55.2 Å². The van der Waals surface area contributed by atoms with Crippen LogP contribution in [0.1, 0.15) is 76.8 Å². The smallest absolute Gasteiger partial charge is 0.301 e. The van der Waals surface area contributed by atoms with Gasteiger partial charge in [-0.25, -0.2) is 0 Å². The lowest BCUT2D eigenvalue weighted by atomic mass is 10.0. The number of benzene rings is 3. The number of hydrogen-bond acceptors (Lipinski definition) is 8. The molecule has 1 saturated heterocycles. The summed E-state index contributed by atoms with van der Waals surface area (Å²) in [5, 5.41) is 12.2. The van der Waals surface area contributed by atoms with Crippen LogP contribution >= 0.6 is 15.9 Å². The predicted molar refractivity (Wildman–Crippen MR) is 209 cm³/mol. The average Bonchev–Trinajstić information content (AvgIpc) is 3.14. The minimum Gasteiger partial charge on any atom is -0.399 e. The normalized spacial score (nSPS) is 16.1. The van der Waals surface area contributed by atoms with Gasteiger partial charge in [-0.1, -0.05) is 46.3 Å². The lowest BCUT2D eigenvalue weighted by Crippen LogP contribution is -2.50. The zero-order valence-electron chi connectivity index (χ0n) is 29.8. The Bertz CT molecular complexity index is 2000. The lowest BCUT2D eigenvalue weighted by molar-refractivity contribution is -0.123. The summed E-state index contributed by atoms with van der Waals surface area (Å²) in [6.07, 6.45) is 2.53. The second kappa shape index (κ2) is 17.8. The number of rotatable bonds is 14. The van der Waals surface area contributed by atoms with Crippen LogP contribution in [0.3, 0.4) is 0 Å². The fourth-order valence-corrected chi connectivity index (χ4v) is 7.43. The second-order valence-corrected chi connectivity index (χ2v) is 15.7. The van der Waals surface area contributed by atoms with Gasteiger partial charge in [-0.3, -0.25) is 23.7 Å². The van der Waals surface area contributed by atoms with Crippen molar-refractivity contribution in [2.24, 2.45) is 0 Å². The molecule has 1 aliphatic heterocycles. The van der Waals surface area contributed by atoms with Crippen molar-refractivity contribution in [1.82, 2.24) is 31.0 Å². The zero-order valence-corrected chi connectivity index (χ0v) is 32.2. The summed E-state index contributed by atoms with van der Waals surface area (Å²) < 4.78 is 30.7. The van der Waals surface area contributed by atoms with Gasteiger partial charge in [0.25, 0.3) is 11.8 Å². The van der Waals surface area contributed by atoms with Gasteiger partial charge in [-0.2, -0.15) is 13.1 Å². The van der Waals surface area contributed by atoms with E-state index >= 15 is 0 Å². The summed E-state index contributed by atoms with van der Waals surface area (Å²) in [6, 6.07) is 22.9. The van der Waals surface area contributed by atoms with Crippen molar-refractivity contribution in [3.8, 4) is 0 Å². The number of carbonyl (C=O) groups excluding carboxylic acids is 3. The number of pyridine rings is 1. The topological polar surface area (TPSA) is 188 Å². The van der Waals surface area contributed by atoms with E-state index in [0.717, 1.165) is 21.3 Å². The molecule has 0 radical (unpaired) electrons. The van der Waals surface area contributed by atoms with E-state index in [9.17, 15) is 22.8 Å². The molecule has 0 bridgehead atoms. The Morgan fingerprint density at radius 2 is 1.49 bits per heavy atom. The van der Waals surface area contributed by atoms with E-state index in [4.69, 9.17) is 5.73 Å². The molecule has 3 aromatic carbocycles. The Morgan fingerprint density at radius 3 is 2.11 bits per heavy atom. The van der Waals surface area contributed by atoms with Crippen molar-refractivity contribution < 1.29 is 22.8 Å². The summed E-state index contributed by atoms with van der Waals surface area (Å²) in [4.78, 5) is 45.2. The first-order valence-electron chi connectivity index (χ1n) is 17.4. The Balaban J connectivity index is 1.36. The number of nitrogens with one attached hydrogen (secondary N) is 5. The van der Waals surface area contributed by atoms with Crippen molar-refractivity contribution in [3.05, 3.63) is 124 Å². The average molecular weight is 806 g/mol. The fraction of sp³-hybridized carbons (Fsp3) is 0.316. The van der Waals surface area contributed by atoms with Crippen LogP contribution in [0.4, 0.5) is 11.4 Å². The minimum absolute atomic E-state index is 0.0962. The monoisotopic (exact) mass is 804 g/mol. The minimum atomic E-state index is -3.90. The molecule has 1 aromatic heterocycles. The molecule has 2 heterocycles. The van der Waals surface area contributed by atoms with Crippen LogP contribution < -0.4 is 36.0 Å². The third-order valence-electron chi connectivity index (χ3n) is 8.94. The Morgan fingerprint density at radius 1 is 0.868 bits per heavy atom. The molecule has 4 aromatic rings. The molecule has 1 aliphatic rings. The molecule has 0 aliphatic carbocycles. The largest absolute Gasteiger partial charge is 0.399 e. The number of amides is 3. The molecule has 5 rings (SSSR count). The van der Waals surface area contributed by atoms with Crippen LogP contribution in [-0.2, 0) is 21.4 Å². The second-order valence-electron chi connectivity index (χ2n) is 13.1. The van der Waals surface area contributed by atoms with Crippen LogP contribution in [0, 0.1) is 0 Å². The third-order valence-corrected chi connectivity index (χ3v) is 11.0. The van der Waals surface area contributed by atoms with E-state index in [0.29, 0.717) is 18.5 Å². The number of hydrogen-bond donors (Lipinski definition) is 6. The first kappa shape index (κ1) is 39.4. The number of nitrogens with zero attached hydrogens (tertiary/aromatic N) is 2. The van der Waals surface area contributed by atoms with Crippen molar-refractivity contribution in [3.63, 3.8) is 0 Å². The summed E-state index contributed by atoms with van der Waals surface area (Å²) in [5.74, 6) is -1.23. The van der Waals surface area contributed by atoms with Gasteiger partial charge in [0, 0.05) is 65.3 Å². The number of nitrogen functional groups attached to an aromatic ring is 1. The highest BCUT2D eigenvalue weighted by molar-refractivity contribution is 9.10. The molecular formula is C38H45BrN8O5S. The molecule has 53 heavy (non-hydrogen) atoms. The van der Waals surface area contributed by atoms with Crippen molar-refractivity contribution in [1.29, 1.82) is 0 Å². The Kier molecular flexibility index (Phi) is 13.2. The van der Waals surface area contributed by atoms with Gasteiger partial charge >= 0.3 is 10.2 Å². The Hall–Kier alpha value is -4.83. The summed E-state index contributed by atoms with van der Waals surface area (Å²) >= 11 is 3.42. The number of anilines is 2. The van der Waals surface area contributed by atoms with Crippen LogP contribution in [0.5, 0.6) is 0 Å². The molecule has 0 saturated carbocycles. The van der Waals surface area contributed by atoms with Gasteiger partial charge in [-0.05, 0) is 92.9 Å². The summed E-state index contributed by atoms with van der Waals surface area (Å²) in [7, 11) is -3.90. The lowest BCUT2D eigenvalue weighted by Gasteiger charge is -2.29. The van der Waals surface area contributed by atoms with E-state index in [1.54, 1.807) is 31.3 Å². The highest BCUT2D eigenvalue weighted by Crippen LogP contribution is 2.25. The van der Waals surface area contributed by atoms with Crippen LogP contribution in [0.25, 0.3) is 0 Å². The molecule has 0 unspecified atom stereocenters. The number of nitrogens with two attached hydrogens (primary N) is 1. The van der Waals surface area contributed by atoms with Gasteiger partial charge in [0.1, 0.15) is 0 Å². The number of aromatic nitrogens is 1. The number of halogens is 1. The van der Waals surface area contributed by atoms with Gasteiger partial charge < -0.3 is 27.0 Å². The van der Waals surface area contributed by atoms with Gasteiger partial charge in [0.2, 0.25) is 5.91 Å². The molecule has 15 heteroatoms. The van der Waals surface area contributed by atoms with Gasteiger partial charge in [0.15, 0.2) is 0 Å². The summed E-state index contributed by atoms with van der Waals surface area (Å²) in [6.45, 7) is 6.13. The van der Waals surface area contributed by atoms with Crippen molar-refractivity contribution in [2.45, 2.75) is 57.8 Å². The standard InChI is InChI=1S/C38H45BrN8O5S/c1-24(28-10-14-32(40)15-11-28)44-36(48)26(3)42-23-34(22-33-7-4-5-16-41-33)46-38(50)30-19-29(20-35(21-30)47-18-6-17-43-53(47,51)52)37(49)45-25(2)27-8-12-31(39)13-9-27/h4-5,7-16,19-21,24-26,34,42-43H,6,17-18,22-23,40H2,1-3H3,(H,44,48)(H,45,49)(H,46,50)/t24-,25-,26+,34+/m1/s1. The van der Waals surface area contributed by atoms with Crippen LogP contribution in [0.15, 0.2) is 95.6 Å². The third kappa shape index (κ3) is 10.9. The van der Waals surface area contributed by atoms with Crippen LogP contribution in [0.2, 0.25) is 0 Å². The molecule has 7 N–H and O–H groups in total. The summed E-state index contributed by atoms with van der Waals surface area (Å²) in [5.41, 5.74) is 9.34. The van der Waals surface area contributed by atoms with Gasteiger partial charge in [0.05, 0.1) is 23.8 Å². The molecule has 3 amide bonds. The maximum absolute atomic E-state index is 14.0. The predicted octanol–water partition coefficient (Wildman–Crippen LogP) is 4.16. The van der Waals surface area contributed by atoms with E-state index in [1.165, 1.54) is 22.5 Å². The SMILES string of the molecule is C[C@H](NC[C@H](Cc1ccccn1)NC(=O)c1cc(C(=O)N[C@H](C)c2ccc(Br)cc2)cc(N2CCCNS2(=O)=O)c1)C(=O)N[C@H](C)c1ccc(N)cc1. The highest BCUT2D eigenvalue weighted by Gasteiger charge is 2.28. The van der Waals surface area contributed by atoms with Crippen LogP contribution in [-0.4, -0.2) is 62.8 Å². The van der Waals surface area contributed by atoms with E-state index in [2.05, 4.69) is 46.9 Å². The molecule has 280 valence electrons. The number of carbonyl (C=O) groups is 3. The van der Waals surface area contributed by atoms with Gasteiger partial charge in [-0.15, -0.1) is 0 Å². The quantitative estimate of drug-likeness (QED) is 0.103. The zero-order chi connectivity index (χ0) is 38.1. The van der Waals surface area contributed by atoms with E-state index < -0.39 is 34.1 Å².